The minimum absolute atomic E-state index is 0.865. The van der Waals surface area contributed by atoms with Gasteiger partial charge >= 0.3 is 0 Å². The van der Waals surface area contributed by atoms with E-state index in [1.54, 1.807) is 0 Å². The van der Waals surface area contributed by atoms with Crippen molar-refractivity contribution in [1.29, 1.82) is 0 Å². The molecule has 5 heteroatoms. The van der Waals surface area contributed by atoms with E-state index in [4.69, 9.17) is 0 Å². The van der Waals surface area contributed by atoms with Gasteiger partial charge in [0.05, 0.1) is 6.54 Å². The van der Waals surface area contributed by atoms with Crippen LogP contribution in [0.4, 0.5) is 0 Å². The minimum Gasteiger partial charge on any atom is -0.314 e. The zero-order valence-corrected chi connectivity index (χ0v) is 11.0. The molecular formula is C12H20N4S. The Morgan fingerprint density at radius 2 is 2.35 bits per heavy atom. The highest BCUT2D eigenvalue weighted by Gasteiger charge is 2.17. The van der Waals surface area contributed by atoms with Crippen molar-refractivity contribution in [3.05, 3.63) is 11.6 Å². The normalized spacial score (nSPS) is 23.9. The van der Waals surface area contributed by atoms with E-state index in [1.165, 1.54) is 36.6 Å². The number of thioether (sulfide) groups is 1. The summed E-state index contributed by atoms with van der Waals surface area (Å²) in [6, 6.07) is 0. The van der Waals surface area contributed by atoms with Crippen LogP contribution in [0.1, 0.15) is 30.9 Å². The summed E-state index contributed by atoms with van der Waals surface area (Å²) < 4.78 is 2.31. The largest absolute Gasteiger partial charge is 0.314 e. The van der Waals surface area contributed by atoms with Crippen LogP contribution in [-0.2, 0) is 19.5 Å². The van der Waals surface area contributed by atoms with Gasteiger partial charge in [0.1, 0.15) is 11.6 Å². The lowest BCUT2D eigenvalue weighted by Crippen LogP contribution is -2.25. The van der Waals surface area contributed by atoms with Crippen LogP contribution in [0.15, 0.2) is 0 Å². The highest BCUT2D eigenvalue weighted by molar-refractivity contribution is 7.99. The summed E-state index contributed by atoms with van der Waals surface area (Å²) in [7, 11) is 0. The minimum atomic E-state index is 0.865. The summed E-state index contributed by atoms with van der Waals surface area (Å²) in [4.78, 5) is 0. The lowest BCUT2D eigenvalue weighted by Gasteiger charge is -2.15. The molecule has 1 aromatic rings. The van der Waals surface area contributed by atoms with Crippen LogP contribution in [0.5, 0.6) is 0 Å². The Morgan fingerprint density at radius 3 is 3.24 bits per heavy atom. The van der Waals surface area contributed by atoms with Crippen LogP contribution in [0.2, 0.25) is 0 Å². The summed E-state index contributed by atoms with van der Waals surface area (Å²) in [5.41, 5.74) is 0. The highest BCUT2D eigenvalue weighted by Crippen LogP contribution is 2.22. The third-order valence-corrected chi connectivity index (χ3v) is 4.91. The lowest BCUT2D eigenvalue weighted by atomic mass is 10.1. The molecule has 94 valence electrons. The van der Waals surface area contributed by atoms with Gasteiger partial charge in [0.15, 0.2) is 0 Å². The smallest absolute Gasteiger partial charge is 0.147 e. The fourth-order valence-electron chi connectivity index (χ4n) is 2.63. The number of nitrogens with one attached hydrogen (secondary N) is 1. The van der Waals surface area contributed by atoms with E-state index in [1.807, 2.05) is 0 Å². The maximum atomic E-state index is 4.31. The van der Waals surface area contributed by atoms with Crippen molar-refractivity contribution < 1.29 is 0 Å². The predicted molar refractivity (Wildman–Crippen MR) is 70.1 cm³/mol. The molecule has 0 radical (unpaired) electrons. The third kappa shape index (κ3) is 2.65. The Labute approximate surface area is 107 Å². The van der Waals surface area contributed by atoms with Gasteiger partial charge in [0.2, 0.25) is 0 Å². The number of aromatic nitrogens is 3. The summed E-state index contributed by atoms with van der Waals surface area (Å²) >= 11 is 2.08. The first-order valence-electron chi connectivity index (χ1n) is 6.63. The fourth-order valence-corrected chi connectivity index (χ4v) is 3.92. The highest BCUT2D eigenvalue weighted by atomic mass is 32.2. The molecule has 17 heavy (non-hydrogen) atoms. The average molecular weight is 252 g/mol. The molecule has 0 aliphatic carbocycles. The molecule has 1 fully saturated rings. The Morgan fingerprint density at radius 1 is 1.35 bits per heavy atom. The molecule has 1 aromatic heterocycles. The average Bonchev–Trinajstić information content (AvgIpc) is 2.99. The molecule has 2 aliphatic rings. The lowest BCUT2D eigenvalue weighted by molar-refractivity contribution is 0.478. The van der Waals surface area contributed by atoms with E-state index < -0.39 is 0 Å². The van der Waals surface area contributed by atoms with E-state index in [-0.39, 0.29) is 0 Å². The fraction of sp³-hybridized carbons (Fsp3) is 0.833. The number of hydrogen-bond acceptors (Lipinski definition) is 4. The van der Waals surface area contributed by atoms with Crippen molar-refractivity contribution in [2.24, 2.45) is 5.92 Å². The van der Waals surface area contributed by atoms with Gasteiger partial charge in [-0.1, -0.05) is 0 Å². The van der Waals surface area contributed by atoms with Gasteiger partial charge in [-0.2, -0.15) is 11.8 Å². The Bertz CT molecular complexity index is 371. The first-order valence-corrected chi connectivity index (χ1v) is 7.78. The van der Waals surface area contributed by atoms with Crippen molar-refractivity contribution in [1.82, 2.24) is 20.1 Å². The van der Waals surface area contributed by atoms with Gasteiger partial charge in [-0.15, -0.1) is 10.2 Å². The standard InChI is InChI=1S/C12H20N4S/c1-2-5-16-11(3-1)14-15-12(16)8-13-7-10-4-6-17-9-10/h10,13H,1-9H2. The second-order valence-corrected chi connectivity index (χ2v) is 6.15. The van der Waals surface area contributed by atoms with Gasteiger partial charge in [0.25, 0.3) is 0 Å². The van der Waals surface area contributed by atoms with E-state index in [9.17, 15) is 0 Å². The number of hydrogen-bond donors (Lipinski definition) is 1. The van der Waals surface area contributed by atoms with Crippen molar-refractivity contribution >= 4 is 11.8 Å². The topological polar surface area (TPSA) is 42.7 Å². The van der Waals surface area contributed by atoms with Crippen LogP contribution in [0.3, 0.4) is 0 Å². The molecule has 0 saturated carbocycles. The maximum Gasteiger partial charge on any atom is 0.147 e. The summed E-state index contributed by atoms with van der Waals surface area (Å²) in [5.74, 6) is 5.84. The number of aryl methyl sites for hydroxylation is 1. The van der Waals surface area contributed by atoms with Gasteiger partial charge in [-0.25, -0.2) is 0 Å². The quantitative estimate of drug-likeness (QED) is 0.881. The SMILES string of the molecule is C1CCn2c(nnc2CNCC2CCSC2)C1. The molecule has 0 bridgehead atoms. The molecule has 0 spiro atoms. The van der Waals surface area contributed by atoms with Crippen LogP contribution < -0.4 is 5.32 Å². The number of fused-ring (bicyclic) bond motifs is 1. The summed E-state index contributed by atoms with van der Waals surface area (Å²) in [6.45, 7) is 3.13. The molecule has 0 aromatic carbocycles. The number of rotatable bonds is 4. The first kappa shape index (κ1) is 11.5. The summed E-state index contributed by atoms with van der Waals surface area (Å²) in [5, 5.41) is 12.1. The van der Waals surface area contributed by atoms with Gasteiger partial charge in [-0.05, 0) is 43.2 Å². The van der Waals surface area contributed by atoms with Gasteiger partial charge in [-0.3, -0.25) is 0 Å². The monoisotopic (exact) mass is 252 g/mol. The van der Waals surface area contributed by atoms with Crippen molar-refractivity contribution in [3.8, 4) is 0 Å². The molecule has 3 heterocycles. The maximum absolute atomic E-state index is 4.31. The molecular weight excluding hydrogens is 232 g/mol. The molecule has 4 nitrogen and oxygen atoms in total. The van der Waals surface area contributed by atoms with Crippen LogP contribution in [0.25, 0.3) is 0 Å². The Balaban J connectivity index is 1.52. The molecule has 1 atom stereocenters. The van der Waals surface area contributed by atoms with E-state index in [0.717, 1.165) is 37.8 Å². The van der Waals surface area contributed by atoms with Crippen molar-refractivity contribution in [3.63, 3.8) is 0 Å². The molecule has 1 saturated heterocycles. The van der Waals surface area contributed by atoms with Crippen LogP contribution in [0, 0.1) is 5.92 Å². The molecule has 0 amide bonds. The van der Waals surface area contributed by atoms with Gasteiger partial charge in [0, 0.05) is 13.0 Å². The second kappa shape index (κ2) is 5.40. The summed E-state index contributed by atoms with van der Waals surface area (Å²) in [6.07, 6.45) is 5.02. The molecule has 2 aliphatic heterocycles. The zero-order valence-electron chi connectivity index (χ0n) is 10.2. The van der Waals surface area contributed by atoms with Crippen molar-refractivity contribution in [2.45, 2.75) is 38.8 Å². The Kier molecular flexibility index (Phi) is 3.66. The predicted octanol–water partition coefficient (Wildman–Crippen LogP) is 1.46. The molecule has 3 rings (SSSR count). The third-order valence-electron chi connectivity index (χ3n) is 3.68. The first-order chi connectivity index (χ1) is 8.43. The van der Waals surface area contributed by atoms with E-state index >= 15 is 0 Å². The van der Waals surface area contributed by atoms with E-state index in [0.29, 0.717) is 0 Å². The number of nitrogens with zero attached hydrogens (tertiary/aromatic N) is 3. The van der Waals surface area contributed by atoms with Crippen LogP contribution >= 0.6 is 11.8 Å². The van der Waals surface area contributed by atoms with Crippen LogP contribution in [-0.4, -0.2) is 32.8 Å². The van der Waals surface area contributed by atoms with Crippen molar-refractivity contribution in [2.75, 3.05) is 18.1 Å². The zero-order chi connectivity index (χ0) is 11.5. The molecule has 1 N–H and O–H groups in total. The second-order valence-electron chi connectivity index (χ2n) is 5.00. The van der Waals surface area contributed by atoms with E-state index in [2.05, 4.69) is 31.8 Å². The Hall–Kier alpha value is -0.550. The van der Waals surface area contributed by atoms with Gasteiger partial charge < -0.3 is 9.88 Å². The molecule has 1 unspecified atom stereocenters.